The van der Waals surface area contributed by atoms with Gasteiger partial charge >= 0.3 is 0 Å². The summed E-state index contributed by atoms with van der Waals surface area (Å²) >= 11 is 0. The molecular weight excluding hydrogens is 317 g/mol. The van der Waals surface area contributed by atoms with Gasteiger partial charge in [0.25, 0.3) is 14.2 Å². The van der Waals surface area contributed by atoms with Crippen molar-refractivity contribution in [3.05, 3.63) is 29.6 Å². The van der Waals surface area contributed by atoms with Crippen LogP contribution in [-0.2, 0) is 14.6 Å². The van der Waals surface area contributed by atoms with E-state index in [4.69, 9.17) is 10.7 Å². The van der Waals surface area contributed by atoms with E-state index in [1.165, 1.54) is 16.7 Å². The molecule has 21 heavy (non-hydrogen) atoms. The van der Waals surface area contributed by atoms with E-state index in [9.17, 15) is 12.8 Å². The Bertz CT molecular complexity index is 794. The van der Waals surface area contributed by atoms with Gasteiger partial charge in [0, 0.05) is 21.8 Å². The van der Waals surface area contributed by atoms with Crippen molar-refractivity contribution < 1.29 is 12.8 Å². The van der Waals surface area contributed by atoms with E-state index in [-0.39, 0.29) is 11.0 Å². The summed E-state index contributed by atoms with van der Waals surface area (Å²) in [5.74, 6) is -0.0394. The Balaban J connectivity index is 2.80. The number of rotatable bonds is 2. The van der Waals surface area contributed by atoms with Crippen LogP contribution in [0.25, 0.3) is 11.4 Å². The van der Waals surface area contributed by atoms with E-state index in [0.717, 1.165) is 0 Å². The number of aryl methyl sites for hydroxylation is 1. The van der Waals surface area contributed by atoms with E-state index in [0.29, 0.717) is 17.0 Å². The van der Waals surface area contributed by atoms with E-state index in [1.807, 2.05) is 20.8 Å². The molecule has 2 aromatic rings. The highest BCUT2D eigenvalue weighted by Crippen LogP contribution is 2.31. The van der Waals surface area contributed by atoms with E-state index >= 15 is 0 Å². The molecule has 0 N–H and O–H groups in total. The fourth-order valence-corrected chi connectivity index (χ4v) is 3.10. The van der Waals surface area contributed by atoms with Crippen LogP contribution in [0.5, 0.6) is 0 Å². The third-order valence-electron chi connectivity index (χ3n) is 2.95. The van der Waals surface area contributed by atoms with E-state index in [1.54, 1.807) is 13.0 Å². The monoisotopic (exact) mass is 331 g/mol. The van der Waals surface area contributed by atoms with Crippen molar-refractivity contribution in [3.63, 3.8) is 0 Å². The molecule has 0 atom stereocenters. The van der Waals surface area contributed by atoms with Crippen LogP contribution < -0.4 is 0 Å². The van der Waals surface area contributed by atoms with Gasteiger partial charge in [0.15, 0.2) is 5.82 Å². The lowest BCUT2D eigenvalue weighted by Crippen LogP contribution is -2.26. The summed E-state index contributed by atoms with van der Waals surface area (Å²) < 4.78 is 38.0. The second-order valence-corrected chi connectivity index (χ2v) is 8.17. The minimum atomic E-state index is -4.04. The van der Waals surface area contributed by atoms with Gasteiger partial charge in [-0.1, -0.05) is 0 Å². The number of aromatic nitrogens is 3. The lowest BCUT2D eigenvalue weighted by Gasteiger charge is -2.24. The van der Waals surface area contributed by atoms with Gasteiger partial charge in [-0.2, -0.15) is 0 Å². The van der Waals surface area contributed by atoms with Crippen molar-refractivity contribution in [3.8, 4) is 11.4 Å². The summed E-state index contributed by atoms with van der Waals surface area (Å²) in [7, 11) is 1.39. The van der Waals surface area contributed by atoms with Gasteiger partial charge in [-0.05, 0) is 51.5 Å². The average molecular weight is 332 g/mol. The van der Waals surface area contributed by atoms with Crippen LogP contribution in [0.2, 0.25) is 0 Å². The summed E-state index contributed by atoms with van der Waals surface area (Å²) in [4.78, 5) is 0. The van der Waals surface area contributed by atoms with Crippen molar-refractivity contribution in [1.82, 2.24) is 14.8 Å². The van der Waals surface area contributed by atoms with Crippen molar-refractivity contribution >= 4 is 19.7 Å². The van der Waals surface area contributed by atoms with Gasteiger partial charge in [0.1, 0.15) is 5.82 Å². The Morgan fingerprint density at radius 1 is 1.24 bits per heavy atom. The van der Waals surface area contributed by atoms with Crippen molar-refractivity contribution in [2.75, 3.05) is 0 Å². The summed E-state index contributed by atoms with van der Waals surface area (Å²) in [6.45, 7) is 7.15. The molecule has 0 fully saturated rings. The minimum absolute atomic E-state index is 0.324. The highest BCUT2D eigenvalue weighted by atomic mass is 35.7. The Hall–Kier alpha value is -1.47. The maximum absolute atomic E-state index is 13.2. The molecule has 114 valence electrons. The molecule has 0 aliphatic heterocycles. The Morgan fingerprint density at radius 2 is 1.86 bits per heavy atom. The first-order chi connectivity index (χ1) is 9.51. The molecule has 5 nitrogen and oxygen atoms in total. The normalized spacial score (nSPS) is 12.7. The maximum atomic E-state index is 13.2. The van der Waals surface area contributed by atoms with E-state index < -0.39 is 14.6 Å². The molecule has 1 aromatic heterocycles. The number of benzene rings is 1. The third-order valence-corrected chi connectivity index (χ3v) is 4.07. The van der Waals surface area contributed by atoms with Crippen LogP contribution in [0.3, 0.4) is 0 Å². The SMILES string of the molecule is Cc1cc(F)ccc1-c1nnc(S(=O)(=O)Cl)n1C(C)(C)C. The molecule has 0 unspecified atom stereocenters. The lowest BCUT2D eigenvalue weighted by molar-refractivity contribution is 0.367. The lowest BCUT2D eigenvalue weighted by atomic mass is 10.0. The maximum Gasteiger partial charge on any atom is 0.296 e. The van der Waals surface area contributed by atoms with Crippen LogP contribution in [-0.4, -0.2) is 23.2 Å². The van der Waals surface area contributed by atoms with Gasteiger partial charge < -0.3 is 0 Å². The van der Waals surface area contributed by atoms with Gasteiger partial charge in [0.2, 0.25) is 0 Å². The fourth-order valence-electron chi connectivity index (χ4n) is 2.08. The van der Waals surface area contributed by atoms with Crippen molar-refractivity contribution in [2.45, 2.75) is 38.4 Å². The van der Waals surface area contributed by atoms with E-state index in [2.05, 4.69) is 10.2 Å². The molecule has 0 saturated carbocycles. The number of halogens is 2. The summed E-state index contributed by atoms with van der Waals surface area (Å²) in [6, 6.07) is 4.19. The highest BCUT2D eigenvalue weighted by Gasteiger charge is 2.30. The summed E-state index contributed by atoms with van der Waals surface area (Å²) in [5, 5.41) is 7.31. The van der Waals surface area contributed by atoms with Gasteiger partial charge in [-0.3, -0.25) is 4.57 Å². The Kier molecular flexibility index (Phi) is 3.84. The first kappa shape index (κ1) is 15.9. The fraction of sp³-hybridized carbons (Fsp3) is 0.385. The smallest absolute Gasteiger partial charge is 0.291 e. The molecule has 2 rings (SSSR count). The zero-order valence-corrected chi connectivity index (χ0v) is 13.6. The Labute approximate surface area is 127 Å². The molecule has 0 aliphatic carbocycles. The Morgan fingerprint density at radius 3 is 2.33 bits per heavy atom. The molecule has 1 aromatic carbocycles. The molecule has 0 bridgehead atoms. The van der Waals surface area contributed by atoms with Crippen LogP contribution >= 0.6 is 10.7 Å². The first-order valence-corrected chi connectivity index (χ1v) is 8.50. The number of nitrogens with zero attached hydrogens (tertiary/aromatic N) is 3. The molecule has 0 amide bonds. The minimum Gasteiger partial charge on any atom is -0.291 e. The predicted octanol–water partition coefficient (Wildman–Crippen LogP) is 3.08. The quantitative estimate of drug-likeness (QED) is 0.793. The third kappa shape index (κ3) is 3.08. The predicted molar refractivity (Wildman–Crippen MR) is 78.2 cm³/mol. The molecule has 1 heterocycles. The molecule has 0 aliphatic rings. The van der Waals surface area contributed by atoms with Crippen LogP contribution in [0, 0.1) is 12.7 Å². The van der Waals surface area contributed by atoms with Gasteiger partial charge in [0.05, 0.1) is 0 Å². The average Bonchev–Trinajstić information content (AvgIpc) is 2.72. The van der Waals surface area contributed by atoms with Crippen molar-refractivity contribution in [1.29, 1.82) is 0 Å². The molecule has 0 saturated heterocycles. The topological polar surface area (TPSA) is 64.8 Å². The zero-order chi connectivity index (χ0) is 16.0. The first-order valence-electron chi connectivity index (χ1n) is 6.19. The molecular formula is C13H15ClFN3O2S. The zero-order valence-electron chi connectivity index (χ0n) is 12.1. The van der Waals surface area contributed by atoms with Crippen LogP contribution in [0.4, 0.5) is 4.39 Å². The van der Waals surface area contributed by atoms with Crippen LogP contribution in [0.15, 0.2) is 23.4 Å². The molecule has 0 spiro atoms. The van der Waals surface area contributed by atoms with Gasteiger partial charge in [-0.15, -0.1) is 10.2 Å². The van der Waals surface area contributed by atoms with Crippen LogP contribution in [0.1, 0.15) is 26.3 Å². The standard InChI is InChI=1S/C13H15ClFN3O2S/c1-8-7-9(15)5-6-10(8)11-16-17-12(21(14,19)20)18(11)13(2,3)4/h5-7H,1-4H3. The number of hydrogen-bond donors (Lipinski definition) is 0. The summed E-state index contributed by atoms with van der Waals surface area (Å²) in [5.41, 5.74) is 0.619. The van der Waals surface area contributed by atoms with Crippen molar-refractivity contribution in [2.24, 2.45) is 0 Å². The second-order valence-electron chi connectivity index (χ2n) is 5.71. The van der Waals surface area contributed by atoms with Gasteiger partial charge in [-0.25, -0.2) is 12.8 Å². The molecule has 0 radical (unpaired) electrons. The summed E-state index contributed by atoms with van der Waals surface area (Å²) in [6.07, 6.45) is 0. The molecule has 8 heteroatoms. The number of hydrogen-bond acceptors (Lipinski definition) is 4. The highest BCUT2D eigenvalue weighted by molar-refractivity contribution is 8.13. The second kappa shape index (κ2) is 5.06. The largest absolute Gasteiger partial charge is 0.296 e.